The SMILES string of the molecule is CNC(=O)[C@H]1CC(=O)N(c2cccc(Br)c2)C1. The smallest absolute Gasteiger partial charge is 0.227 e. The van der Waals surface area contributed by atoms with Gasteiger partial charge in [-0.25, -0.2) is 0 Å². The van der Waals surface area contributed by atoms with Crippen LogP contribution in [0.4, 0.5) is 5.69 Å². The lowest BCUT2D eigenvalue weighted by atomic mass is 10.1. The number of carbonyl (C=O) groups excluding carboxylic acids is 2. The number of nitrogens with one attached hydrogen (secondary N) is 1. The second kappa shape index (κ2) is 4.87. The predicted octanol–water partition coefficient (Wildman–Crippen LogP) is 1.55. The highest BCUT2D eigenvalue weighted by Gasteiger charge is 2.34. The fourth-order valence-corrected chi connectivity index (χ4v) is 2.37. The maximum absolute atomic E-state index is 11.8. The fourth-order valence-electron chi connectivity index (χ4n) is 1.98. The van der Waals surface area contributed by atoms with Gasteiger partial charge in [-0.1, -0.05) is 22.0 Å². The molecule has 1 aliphatic rings. The van der Waals surface area contributed by atoms with Gasteiger partial charge in [-0.3, -0.25) is 9.59 Å². The molecule has 0 radical (unpaired) electrons. The van der Waals surface area contributed by atoms with E-state index in [1.54, 1.807) is 11.9 Å². The molecule has 17 heavy (non-hydrogen) atoms. The maximum Gasteiger partial charge on any atom is 0.227 e. The third kappa shape index (κ3) is 2.49. The minimum Gasteiger partial charge on any atom is -0.359 e. The van der Waals surface area contributed by atoms with Gasteiger partial charge >= 0.3 is 0 Å². The zero-order chi connectivity index (χ0) is 12.4. The highest BCUT2D eigenvalue weighted by molar-refractivity contribution is 9.10. The number of halogens is 1. The van der Waals surface area contributed by atoms with E-state index in [9.17, 15) is 9.59 Å². The van der Waals surface area contributed by atoms with Crippen molar-refractivity contribution in [3.8, 4) is 0 Å². The summed E-state index contributed by atoms with van der Waals surface area (Å²) >= 11 is 3.37. The third-order valence-electron chi connectivity index (χ3n) is 2.86. The minimum atomic E-state index is -0.244. The van der Waals surface area contributed by atoms with Crippen molar-refractivity contribution in [2.45, 2.75) is 6.42 Å². The summed E-state index contributed by atoms with van der Waals surface area (Å²) in [5.41, 5.74) is 0.829. The summed E-state index contributed by atoms with van der Waals surface area (Å²) in [6.45, 7) is 0.453. The summed E-state index contributed by atoms with van der Waals surface area (Å²) in [6, 6.07) is 7.53. The molecule has 1 atom stereocenters. The Kier molecular flexibility index (Phi) is 3.47. The summed E-state index contributed by atoms with van der Waals surface area (Å²) < 4.78 is 0.922. The van der Waals surface area contributed by atoms with Crippen LogP contribution in [-0.2, 0) is 9.59 Å². The molecular weight excluding hydrogens is 284 g/mol. The number of carbonyl (C=O) groups is 2. The van der Waals surface area contributed by atoms with Gasteiger partial charge in [0.25, 0.3) is 0 Å². The quantitative estimate of drug-likeness (QED) is 0.900. The van der Waals surface area contributed by atoms with Crippen molar-refractivity contribution >= 4 is 33.4 Å². The normalized spacial score (nSPS) is 19.5. The van der Waals surface area contributed by atoms with Crippen LogP contribution in [-0.4, -0.2) is 25.4 Å². The Morgan fingerprint density at radius 1 is 1.53 bits per heavy atom. The summed E-state index contributed by atoms with van der Waals surface area (Å²) in [4.78, 5) is 25.0. The Labute approximate surface area is 108 Å². The van der Waals surface area contributed by atoms with Crippen LogP contribution in [0.3, 0.4) is 0 Å². The van der Waals surface area contributed by atoms with E-state index in [1.807, 2.05) is 24.3 Å². The van der Waals surface area contributed by atoms with Gasteiger partial charge < -0.3 is 10.2 Å². The van der Waals surface area contributed by atoms with E-state index in [2.05, 4.69) is 21.2 Å². The van der Waals surface area contributed by atoms with Crippen molar-refractivity contribution in [2.75, 3.05) is 18.5 Å². The average Bonchev–Trinajstić information content (AvgIpc) is 2.70. The molecule has 1 saturated heterocycles. The van der Waals surface area contributed by atoms with Crippen LogP contribution in [0.15, 0.2) is 28.7 Å². The van der Waals surface area contributed by atoms with Crippen molar-refractivity contribution < 1.29 is 9.59 Å². The molecule has 0 spiro atoms. The topological polar surface area (TPSA) is 49.4 Å². The molecule has 5 heteroatoms. The first kappa shape index (κ1) is 12.1. The molecule has 1 fully saturated rings. The molecule has 0 saturated carbocycles. The summed E-state index contributed by atoms with van der Waals surface area (Å²) in [6.07, 6.45) is 0.284. The lowest BCUT2D eigenvalue weighted by Gasteiger charge is -2.16. The van der Waals surface area contributed by atoms with Gasteiger partial charge in [0.1, 0.15) is 0 Å². The van der Waals surface area contributed by atoms with E-state index in [4.69, 9.17) is 0 Å². The molecule has 1 aliphatic heterocycles. The zero-order valence-corrected chi connectivity index (χ0v) is 11.0. The lowest BCUT2D eigenvalue weighted by molar-refractivity contribution is -0.125. The molecule has 4 nitrogen and oxygen atoms in total. The fraction of sp³-hybridized carbons (Fsp3) is 0.333. The Morgan fingerprint density at radius 2 is 2.29 bits per heavy atom. The highest BCUT2D eigenvalue weighted by Crippen LogP contribution is 2.27. The Morgan fingerprint density at radius 3 is 2.94 bits per heavy atom. The number of hydrogen-bond donors (Lipinski definition) is 1. The zero-order valence-electron chi connectivity index (χ0n) is 9.44. The monoisotopic (exact) mass is 296 g/mol. The maximum atomic E-state index is 11.8. The number of hydrogen-bond acceptors (Lipinski definition) is 2. The van der Waals surface area contributed by atoms with Crippen LogP contribution in [0.5, 0.6) is 0 Å². The molecule has 0 aromatic heterocycles. The van der Waals surface area contributed by atoms with Crippen molar-refractivity contribution in [1.29, 1.82) is 0 Å². The molecule has 2 rings (SSSR count). The summed E-state index contributed by atoms with van der Waals surface area (Å²) in [5.74, 6) is -0.320. The van der Waals surface area contributed by atoms with Gasteiger partial charge in [0.05, 0.1) is 5.92 Å². The highest BCUT2D eigenvalue weighted by atomic mass is 79.9. The van der Waals surface area contributed by atoms with Crippen LogP contribution in [0.1, 0.15) is 6.42 Å². The molecule has 1 aromatic carbocycles. The Bertz CT molecular complexity index is 462. The van der Waals surface area contributed by atoms with Crippen molar-refractivity contribution in [3.63, 3.8) is 0 Å². The molecule has 0 aliphatic carbocycles. The number of nitrogens with zero attached hydrogens (tertiary/aromatic N) is 1. The van der Waals surface area contributed by atoms with Gasteiger partial charge in [0, 0.05) is 30.2 Å². The standard InChI is InChI=1S/C12H13BrN2O2/c1-14-12(17)8-5-11(16)15(7-8)10-4-2-3-9(13)6-10/h2-4,6,8H,5,7H2,1H3,(H,14,17)/t8-/m0/s1. The van der Waals surface area contributed by atoms with E-state index in [-0.39, 0.29) is 24.2 Å². The third-order valence-corrected chi connectivity index (χ3v) is 3.36. The predicted molar refractivity (Wildman–Crippen MR) is 68.7 cm³/mol. The molecule has 2 amide bonds. The minimum absolute atomic E-state index is 0.00306. The van der Waals surface area contributed by atoms with Crippen molar-refractivity contribution in [3.05, 3.63) is 28.7 Å². The number of benzene rings is 1. The Balaban J connectivity index is 2.18. The molecule has 0 bridgehead atoms. The first-order valence-electron chi connectivity index (χ1n) is 5.39. The first-order valence-corrected chi connectivity index (χ1v) is 6.18. The van der Waals surface area contributed by atoms with Crippen LogP contribution in [0.2, 0.25) is 0 Å². The van der Waals surface area contributed by atoms with Crippen LogP contribution in [0.25, 0.3) is 0 Å². The molecular formula is C12H13BrN2O2. The van der Waals surface area contributed by atoms with Gasteiger partial charge in [0.2, 0.25) is 11.8 Å². The van der Waals surface area contributed by atoms with Gasteiger partial charge in [-0.15, -0.1) is 0 Å². The summed E-state index contributed by atoms with van der Waals surface area (Å²) in [5, 5.41) is 2.58. The summed E-state index contributed by atoms with van der Waals surface area (Å²) in [7, 11) is 1.59. The number of anilines is 1. The van der Waals surface area contributed by atoms with E-state index < -0.39 is 0 Å². The van der Waals surface area contributed by atoms with E-state index in [0.29, 0.717) is 6.54 Å². The van der Waals surface area contributed by atoms with Crippen molar-refractivity contribution in [1.82, 2.24) is 5.32 Å². The Hall–Kier alpha value is -1.36. The molecule has 1 N–H and O–H groups in total. The first-order chi connectivity index (χ1) is 8.11. The van der Waals surface area contributed by atoms with Crippen LogP contribution < -0.4 is 10.2 Å². The number of rotatable bonds is 2. The van der Waals surface area contributed by atoms with E-state index in [0.717, 1.165) is 10.2 Å². The van der Waals surface area contributed by atoms with Gasteiger partial charge in [0.15, 0.2) is 0 Å². The molecule has 1 aromatic rings. The average molecular weight is 297 g/mol. The van der Waals surface area contributed by atoms with Crippen molar-refractivity contribution in [2.24, 2.45) is 5.92 Å². The molecule has 1 heterocycles. The van der Waals surface area contributed by atoms with Gasteiger partial charge in [-0.05, 0) is 18.2 Å². The molecule has 90 valence electrons. The largest absolute Gasteiger partial charge is 0.359 e. The van der Waals surface area contributed by atoms with E-state index in [1.165, 1.54) is 0 Å². The number of amides is 2. The van der Waals surface area contributed by atoms with Gasteiger partial charge in [-0.2, -0.15) is 0 Å². The van der Waals surface area contributed by atoms with E-state index >= 15 is 0 Å². The van der Waals surface area contributed by atoms with Crippen LogP contribution in [0, 0.1) is 5.92 Å². The second-order valence-electron chi connectivity index (χ2n) is 4.00. The molecule has 0 unspecified atom stereocenters. The van der Waals surface area contributed by atoms with Crippen LogP contribution >= 0.6 is 15.9 Å². The lowest BCUT2D eigenvalue weighted by Crippen LogP contribution is -2.30. The second-order valence-corrected chi connectivity index (χ2v) is 4.92.